The summed E-state index contributed by atoms with van der Waals surface area (Å²) in [5.74, 6) is 1.03. The van der Waals surface area contributed by atoms with Crippen molar-refractivity contribution in [2.24, 2.45) is 0 Å². The van der Waals surface area contributed by atoms with Crippen LogP contribution in [-0.2, 0) is 50.7 Å². The minimum absolute atomic E-state index is 0.00737. The molecule has 0 heterocycles. The number of rotatable bonds is 39. The Morgan fingerprint density at radius 1 is 0.520 bits per heavy atom. The lowest BCUT2D eigenvalue weighted by Gasteiger charge is -2.16. The van der Waals surface area contributed by atoms with Crippen LogP contribution in [0.25, 0.3) is 0 Å². The maximum Gasteiger partial charge on any atom is 0.469 e. The van der Waals surface area contributed by atoms with Gasteiger partial charge in [-0.2, -0.15) is 0 Å². The van der Waals surface area contributed by atoms with Crippen LogP contribution in [0.2, 0.25) is 0 Å². The fourth-order valence-electron chi connectivity index (χ4n) is 5.49. The Labute approximate surface area is 303 Å². The SMILES string of the molecule is CCCCCCCCCc1cccc(OCCOCCOCCOCCCCCOOCOCCOP(=O)(O)O)c1CCCCCCCCC. The quantitative estimate of drug-likeness (QED) is 0.0221. The van der Waals surface area contributed by atoms with Crippen LogP contribution in [0.3, 0.4) is 0 Å². The normalized spacial score (nSPS) is 11.8. The van der Waals surface area contributed by atoms with E-state index in [1.165, 1.54) is 101 Å². The predicted octanol–water partition coefficient (Wildman–Crippen LogP) is 8.90. The number of aryl methyl sites for hydroxylation is 1. The molecule has 0 aliphatic rings. The monoisotopic (exact) mass is 734 g/mol. The molecular weight excluding hydrogens is 663 g/mol. The first-order chi connectivity index (χ1) is 24.5. The summed E-state index contributed by atoms with van der Waals surface area (Å²) in [7, 11) is -4.46. The van der Waals surface area contributed by atoms with Gasteiger partial charge < -0.3 is 33.5 Å². The number of phosphoric acid groups is 1. The van der Waals surface area contributed by atoms with Crippen molar-refractivity contribution in [3.8, 4) is 5.75 Å². The summed E-state index contributed by atoms with van der Waals surface area (Å²) >= 11 is 0. The number of hydrogen-bond acceptors (Lipinski definition) is 9. The summed E-state index contributed by atoms with van der Waals surface area (Å²) in [5, 5.41) is 0. The molecular formula is C38H71O11P. The topological polar surface area (TPSA) is 131 Å². The average Bonchev–Trinajstić information content (AvgIpc) is 3.09. The summed E-state index contributed by atoms with van der Waals surface area (Å²) in [4.78, 5) is 26.9. The summed E-state index contributed by atoms with van der Waals surface area (Å²) in [6.07, 6.45) is 23.4. The first-order valence-corrected chi connectivity index (χ1v) is 21.0. The van der Waals surface area contributed by atoms with E-state index in [-0.39, 0.29) is 20.0 Å². The van der Waals surface area contributed by atoms with E-state index in [2.05, 4.69) is 36.6 Å². The molecule has 0 amide bonds. The van der Waals surface area contributed by atoms with Gasteiger partial charge in [0.15, 0.2) is 6.79 Å². The largest absolute Gasteiger partial charge is 0.491 e. The molecule has 0 aliphatic heterocycles. The van der Waals surface area contributed by atoms with E-state index in [1.54, 1.807) is 0 Å². The van der Waals surface area contributed by atoms with Crippen molar-refractivity contribution >= 4 is 7.82 Å². The van der Waals surface area contributed by atoms with Gasteiger partial charge in [-0.05, 0) is 62.1 Å². The Hall–Kier alpha value is -1.11. The number of hydrogen-bond donors (Lipinski definition) is 2. The molecule has 0 unspecified atom stereocenters. The van der Waals surface area contributed by atoms with Gasteiger partial charge in [-0.25, -0.2) is 14.3 Å². The fourth-order valence-corrected chi connectivity index (χ4v) is 5.80. The van der Waals surface area contributed by atoms with E-state index in [1.807, 2.05) is 0 Å². The highest BCUT2D eigenvalue weighted by Gasteiger charge is 2.13. The molecule has 294 valence electrons. The second kappa shape index (κ2) is 34.9. The van der Waals surface area contributed by atoms with E-state index < -0.39 is 7.82 Å². The highest BCUT2D eigenvalue weighted by molar-refractivity contribution is 7.46. The third-order valence-corrected chi connectivity index (χ3v) is 8.78. The van der Waals surface area contributed by atoms with E-state index >= 15 is 0 Å². The Morgan fingerprint density at radius 2 is 1.04 bits per heavy atom. The first-order valence-electron chi connectivity index (χ1n) is 19.5. The standard InChI is InChI=1S/C38H71O11P/c1-3-5-7-9-11-13-16-21-36-22-20-24-38(37(36)23-17-14-12-10-8-6-4-2)46-33-31-44-30-29-43-28-27-42-25-18-15-19-26-47-48-35-45-32-34-49-50(39,40)41/h20,22,24H,3-19,21,23,25-35H2,1-2H3,(H2,39,40,41). The Kier molecular flexibility index (Phi) is 32.8. The molecule has 1 aromatic carbocycles. The van der Waals surface area contributed by atoms with Crippen molar-refractivity contribution in [3.05, 3.63) is 29.3 Å². The van der Waals surface area contributed by atoms with Gasteiger partial charge in [0.1, 0.15) is 12.4 Å². The van der Waals surface area contributed by atoms with Crippen LogP contribution in [0.4, 0.5) is 0 Å². The molecule has 0 fully saturated rings. The molecule has 0 radical (unpaired) electrons. The number of ether oxygens (including phenoxy) is 5. The lowest BCUT2D eigenvalue weighted by atomic mass is 9.95. The van der Waals surface area contributed by atoms with Gasteiger partial charge in [-0.1, -0.05) is 103 Å². The van der Waals surface area contributed by atoms with Crippen LogP contribution in [0.5, 0.6) is 5.75 Å². The van der Waals surface area contributed by atoms with Gasteiger partial charge in [0.05, 0.1) is 52.9 Å². The fraction of sp³-hybridized carbons (Fsp3) is 0.842. The second-order valence-corrected chi connectivity index (χ2v) is 13.9. The zero-order valence-electron chi connectivity index (χ0n) is 31.5. The van der Waals surface area contributed by atoms with Crippen LogP contribution < -0.4 is 4.74 Å². The molecule has 0 spiro atoms. The predicted molar refractivity (Wildman–Crippen MR) is 197 cm³/mol. The zero-order chi connectivity index (χ0) is 36.2. The van der Waals surface area contributed by atoms with Crippen molar-refractivity contribution in [1.29, 1.82) is 0 Å². The van der Waals surface area contributed by atoms with E-state index in [9.17, 15) is 4.57 Å². The van der Waals surface area contributed by atoms with Gasteiger partial charge >= 0.3 is 7.82 Å². The van der Waals surface area contributed by atoms with Gasteiger partial charge in [-0.3, -0.25) is 4.52 Å². The van der Waals surface area contributed by atoms with E-state index in [0.29, 0.717) is 52.9 Å². The molecule has 0 saturated heterocycles. The Balaban J connectivity index is 2.11. The van der Waals surface area contributed by atoms with Crippen LogP contribution >= 0.6 is 7.82 Å². The van der Waals surface area contributed by atoms with Crippen molar-refractivity contribution in [3.63, 3.8) is 0 Å². The van der Waals surface area contributed by atoms with Crippen molar-refractivity contribution < 1.29 is 52.3 Å². The number of benzene rings is 1. The molecule has 0 bridgehead atoms. The molecule has 1 rings (SSSR count). The molecule has 50 heavy (non-hydrogen) atoms. The molecule has 0 saturated carbocycles. The Morgan fingerprint density at radius 3 is 1.68 bits per heavy atom. The minimum atomic E-state index is -4.46. The molecule has 2 N–H and O–H groups in total. The van der Waals surface area contributed by atoms with Crippen molar-refractivity contribution in [2.45, 2.75) is 136 Å². The van der Waals surface area contributed by atoms with Gasteiger partial charge in [0, 0.05) is 6.61 Å². The molecule has 12 heteroatoms. The van der Waals surface area contributed by atoms with E-state index in [4.69, 9.17) is 43.2 Å². The van der Waals surface area contributed by atoms with Crippen LogP contribution in [0.15, 0.2) is 18.2 Å². The third-order valence-electron chi connectivity index (χ3n) is 8.26. The molecule has 11 nitrogen and oxygen atoms in total. The first kappa shape index (κ1) is 46.9. The summed E-state index contributed by atoms with van der Waals surface area (Å²) < 4.78 is 43.0. The highest BCUT2D eigenvalue weighted by Crippen LogP contribution is 2.35. The smallest absolute Gasteiger partial charge is 0.469 e. The third kappa shape index (κ3) is 30.5. The summed E-state index contributed by atoms with van der Waals surface area (Å²) in [5.41, 5.74) is 2.88. The van der Waals surface area contributed by atoms with Crippen molar-refractivity contribution in [1.82, 2.24) is 0 Å². The van der Waals surface area contributed by atoms with Gasteiger partial charge in [0.2, 0.25) is 0 Å². The van der Waals surface area contributed by atoms with Gasteiger partial charge in [-0.15, -0.1) is 0 Å². The van der Waals surface area contributed by atoms with Crippen molar-refractivity contribution in [2.75, 3.05) is 72.9 Å². The van der Waals surface area contributed by atoms with Crippen LogP contribution in [0, 0.1) is 0 Å². The average molecular weight is 735 g/mol. The second-order valence-electron chi connectivity index (χ2n) is 12.7. The summed E-state index contributed by atoms with van der Waals surface area (Å²) in [6, 6.07) is 6.60. The lowest BCUT2D eigenvalue weighted by Crippen LogP contribution is -2.13. The number of unbranched alkanes of at least 4 members (excludes halogenated alkanes) is 14. The van der Waals surface area contributed by atoms with Crippen LogP contribution in [-0.4, -0.2) is 82.6 Å². The van der Waals surface area contributed by atoms with E-state index in [0.717, 1.165) is 37.9 Å². The number of phosphoric ester groups is 1. The summed E-state index contributed by atoms with van der Waals surface area (Å²) in [6.45, 7) is 8.46. The Bertz CT molecular complexity index is 915. The maximum absolute atomic E-state index is 10.5. The highest BCUT2D eigenvalue weighted by atomic mass is 31.2. The van der Waals surface area contributed by atoms with Gasteiger partial charge in [0.25, 0.3) is 0 Å². The lowest BCUT2D eigenvalue weighted by molar-refractivity contribution is -0.337. The molecule has 1 aromatic rings. The minimum Gasteiger partial charge on any atom is -0.491 e. The molecule has 0 atom stereocenters. The molecule has 0 aromatic heterocycles. The molecule has 0 aliphatic carbocycles. The zero-order valence-corrected chi connectivity index (χ0v) is 32.4. The maximum atomic E-state index is 10.5. The van der Waals surface area contributed by atoms with Crippen LogP contribution in [0.1, 0.15) is 134 Å².